The topological polar surface area (TPSA) is 101 Å². The number of nitrogens with one attached hydrogen (secondary N) is 3. The molecular weight excluding hydrogens is 404 g/mol. The number of aryl methyl sites for hydroxylation is 2. The highest BCUT2D eigenvalue weighted by Crippen LogP contribution is 2.16. The number of urea groups is 1. The van der Waals surface area contributed by atoms with Crippen molar-refractivity contribution in [2.45, 2.75) is 13.8 Å². The number of carbonyl (C=O) groups excluding carboxylic acids is 2. The van der Waals surface area contributed by atoms with Crippen molar-refractivity contribution in [2.75, 3.05) is 16.0 Å². The Hall–Kier alpha value is -4.46. The molecule has 3 amide bonds. The van der Waals surface area contributed by atoms with Crippen molar-refractivity contribution in [3.05, 3.63) is 96.1 Å². The molecular formula is C24H22N6O2. The molecule has 0 spiro atoms. The molecule has 3 N–H and O–H groups in total. The fourth-order valence-corrected chi connectivity index (χ4v) is 3.08. The number of anilines is 3. The number of rotatable bonds is 5. The van der Waals surface area contributed by atoms with E-state index in [1.807, 2.05) is 44.2 Å². The third-order valence-corrected chi connectivity index (χ3v) is 4.68. The smallest absolute Gasteiger partial charge is 0.322 e. The zero-order chi connectivity index (χ0) is 22.5. The van der Waals surface area contributed by atoms with Gasteiger partial charge in [0.25, 0.3) is 5.91 Å². The highest BCUT2D eigenvalue weighted by Gasteiger charge is 2.10. The molecule has 0 radical (unpaired) electrons. The van der Waals surface area contributed by atoms with E-state index >= 15 is 0 Å². The number of pyridine rings is 1. The van der Waals surface area contributed by atoms with E-state index in [4.69, 9.17) is 0 Å². The van der Waals surface area contributed by atoms with Crippen LogP contribution in [0.1, 0.15) is 21.6 Å². The van der Waals surface area contributed by atoms with Gasteiger partial charge in [0.05, 0.1) is 23.8 Å². The van der Waals surface area contributed by atoms with Crippen LogP contribution in [0, 0.1) is 13.8 Å². The minimum atomic E-state index is -0.367. The van der Waals surface area contributed by atoms with Crippen LogP contribution in [0.4, 0.5) is 21.9 Å². The van der Waals surface area contributed by atoms with Gasteiger partial charge in [-0.05, 0) is 56.3 Å². The fraction of sp³-hybridized carbons (Fsp3) is 0.0833. The summed E-state index contributed by atoms with van der Waals surface area (Å²) in [6, 6.07) is 17.8. The van der Waals surface area contributed by atoms with Gasteiger partial charge in [0.1, 0.15) is 0 Å². The molecule has 2 aromatic heterocycles. The molecule has 8 heteroatoms. The van der Waals surface area contributed by atoms with Crippen LogP contribution in [0.3, 0.4) is 0 Å². The summed E-state index contributed by atoms with van der Waals surface area (Å²) in [5.74, 6) is -0.236. The van der Waals surface area contributed by atoms with Crippen molar-refractivity contribution >= 4 is 29.0 Å². The first-order valence-corrected chi connectivity index (χ1v) is 10.00. The number of benzene rings is 2. The second-order valence-corrected chi connectivity index (χ2v) is 7.31. The maximum Gasteiger partial charge on any atom is 0.323 e. The van der Waals surface area contributed by atoms with Gasteiger partial charge in [-0.25, -0.2) is 9.48 Å². The van der Waals surface area contributed by atoms with Gasteiger partial charge in [0, 0.05) is 28.8 Å². The quantitative estimate of drug-likeness (QED) is 0.427. The van der Waals surface area contributed by atoms with Gasteiger partial charge >= 0.3 is 6.03 Å². The molecule has 0 unspecified atom stereocenters. The molecule has 32 heavy (non-hydrogen) atoms. The molecule has 0 atom stereocenters. The maximum absolute atomic E-state index is 12.6. The summed E-state index contributed by atoms with van der Waals surface area (Å²) in [5, 5.41) is 12.7. The normalized spacial score (nSPS) is 10.4. The maximum atomic E-state index is 12.6. The van der Waals surface area contributed by atoms with Crippen molar-refractivity contribution in [3.8, 4) is 5.69 Å². The van der Waals surface area contributed by atoms with E-state index in [0.717, 1.165) is 11.3 Å². The molecule has 0 aliphatic carbocycles. The van der Waals surface area contributed by atoms with Crippen LogP contribution in [0.5, 0.6) is 0 Å². The summed E-state index contributed by atoms with van der Waals surface area (Å²) in [7, 11) is 0. The monoisotopic (exact) mass is 426 g/mol. The number of carbonyl (C=O) groups is 2. The van der Waals surface area contributed by atoms with E-state index in [1.54, 1.807) is 53.6 Å². The first-order chi connectivity index (χ1) is 15.5. The molecule has 0 aliphatic heterocycles. The molecule has 0 fully saturated rings. The van der Waals surface area contributed by atoms with E-state index in [-0.39, 0.29) is 11.9 Å². The second-order valence-electron chi connectivity index (χ2n) is 7.31. The molecule has 160 valence electrons. The van der Waals surface area contributed by atoms with Gasteiger partial charge in [-0.1, -0.05) is 23.8 Å². The average molecular weight is 426 g/mol. The molecule has 0 bridgehead atoms. The van der Waals surface area contributed by atoms with Gasteiger partial charge in [-0.3, -0.25) is 9.78 Å². The Morgan fingerprint density at radius 3 is 2.41 bits per heavy atom. The van der Waals surface area contributed by atoms with E-state index in [1.165, 1.54) is 0 Å². The van der Waals surface area contributed by atoms with E-state index < -0.39 is 0 Å². The lowest BCUT2D eigenvalue weighted by Crippen LogP contribution is -2.19. The van der Waals surface area contributed by atoms with Crippen molar-refractivity contribution < 1.29 is 9.59 Å². The first kappa shape index (κ1) is 20.8. The average Bonchev–Trinajstić information content (AvgIpc) is 3.24. The minimum absolute atomic E-state index is 0.236. The molecule has 0 saturated heterocycles. The predicted octanol–water partition coefficient (Wildman–Crippen LogP) is 4.78. The largest absolute Gasteiger partial charge is 0.323 e. The Balaban J connectivity index is 1.43. The number of hydrogen-bond acceptors (Lipinski definition) is 4. The lowest BCUT2D eigenvalue weighted by atomic mass is 10.2. The molecule has 0 saturated carbocycles. The zero-order valence-electron chi connectivity index (χ0n) is 17.7. The van der Waals surface area contributed by atoms with Gasteiger partial charge < -0.3 is 16.0 Å². The summed E-state index contributed by atoms with van der Waals surface area (Å²) in [5.41, 5.74) is 5.01. The Bertz CT molecular complexity index is 1260. The zero-order valence-corrected chi connectivity index (χ0v) is 17.7. The third kappa shape index (κ3) is 5.17. The number of amides is 3. The predicted molar refractivity (Wildman–Crippen MR) is 124 cm³/mol. The lowest BCUT2D eigenvalue weighted by molar-refractivity contribution is 0.102. The Morgan fingerprint density at radius 2 is 1.62 bits per heavy atom. The van der Waals surface area contributed by atoms with Crippen LogP contribution >= 0.6 is 0 Å². The highest BCUT2D eigenvalue weighted by molar-refractivity contribution is 6.04. The molecule has 4 aromatic rings. The van der Waals surface area contributed by atoms with Gasteiger partial charge in [0.2, 0.25) is 0 Å². The fourth-order valence-electron chi connectivity index (χ4n) is 3.08. The van der Waals surface area contributed by atoms with Crippen molar-refractivity contribution in [1.82, 2.24) is 14.8 Å². The number of aromatic nitrogens is 3. The molecule has 0 aliphatic rings. The van der Waals surface area contributed by atoms with Crippen molar-refractivity contribution in [2.24, 2.45) is 0 Å². The SMILES string of the molecule is Cc1ccc(NC(=O)Nc2cnn(-c3cccc(C(=O)Nc4ccnc(C)c4)c3)c2)cc1. The van der Waals surface area contributed by atoms with Gasteiger partial charge in [-0.15, -0.1) is 0 Å². The Labute approximate surface area is 185 Å². The Morgan fingerprint density at radius 1 is 0.844 bits per heavy atom. The van der Waals surface area contributed by atoms with Gasteiger partial charge in [0.15, 0.2) is 0 Å². The van der Waals surface area contributed by atoms with Crippen LogP contribution in [0.25, 0.3) is 5.69 Å². The third-order valence-electron chi connectivity index (χ3n) is 4.68. The minimum Gasteiger partial charge on any atom is -0.322 e. The molecule has 2 aromatic carbocycles. The van der Waals surface area contributed by atoms with Crippen molar-refractivity contribution in [3.63, 3.8) is 0 Å². The summed E-state index contributed by atoms with van der Waals surface area (Å²) in [6.45, 7) is 3.84. The standard InChI is InChI=1S/C24H22N6O2/c1-16-6-8-19(9-7-16)28-24(32)29-21-14-26-30(15-21)22-5-3-4-18(13-22)23(31)27-20-10-11-25-17(2)12-20/h3-15H,1-2H3,(H,25,27,31)(H2,28,29,32). The lowest BCUT2D eigenvalue weighted by Gasteiger charge is -2.08. The summed E-state index contributed by atoms with van der Waals surface area (Å²) in [4.78, 5) is 29.0. The Kier molecular flexibility index (Phi) is 5.94. The van der Waals surface area contributed by atoms with E-state index in [9.17, 15) is 9.59 Å². The van der Waals surface area contributed by atoms with Crippen LogP contribution in [-0.4, -0.2) is 26.7 Å². The summed E-state index contributed by atoms with van der Waals surface area (Å²) >= 11 is 0. The highest BCUT2D eigenvalue weighted by atomic mass is 16.2. The molecule has 4 rings (SSSR count). The van der Waals surface area contributed by atoms with Crippen LogP contribution in [-0.2, 0) is 0 Å². The van der Waals surface area contributed by atoms with Gasteiger partial charge in [-0.2, -0.15) is 5.10 Å². The van der Waals surface area contributed by atoms with E-state index in [0.29, 0.717) is 28.3 Å². The summed E-state index contributed by atoms with van der Waals surface area (Å²) < 4.78 is 1.59. The molecule has 8 nitrogen and oxygen atoms in total. The summed E-state index contributed by atoms with van der Waals surface area (Å²) in [6.07, 6.45) is 4.87. The number of nitrogens with zero attached hydrogens (tertiary/aromatic N) is 3. The van der Waals surface area contributed by atoms with Crippen LogP contribution in [0.15, 0.2) is 79.3 Å². The molecule has 2 heterocycles. The van der Waals surface area contributed by atoms with Crippen LogP contribution < -0.4 is 16.0 Å². The number of hydrogen-bond donors (Lipinski definition) is 3. The van der Waals surface area contributed by atoms with Crippen LogP contribution in [0.2, 0.25) is 0 Å². The first-order valence-electron chi connectivity index (χ1n) is 10.00. The second kappa shape index (κ2) is 9.13. The van der Waals surface area contributed by atoms with Crippen molar-refractivity contribution in [1.29, 1.82) is 0 Å². The van der Waals surface area contributed by atoms with E-state index in [2.05, 4.69) is 26.0 Å².